The zero-order valence-corrected chi connectivity index (χ0v) is 14.8. The number of methoxy groups -OCH3 is 1. The molecule has 24 heavy (non-hydrogen) atoms. The third-order valence-corrected chi connectivity index (χ3v) is 3.93. The summed E-state index contributed by atoms with van der Waals surface area (Å²) in [6.07, 6.45) is 2.62. The van der Waals surface area contributed by atoms with E-state index in [2.05, 4.69) is 24.1 Å². The third-order valence-electron chi connectivity index (χ3n) is 3.93. The Kier molecular flexibility index (Phi) is 6.09. The Balaban J connectivity index is 2.34. The van der Waals surface area contributed by atoms with Crippen molar-refractivity contribution in [3.8, 4) is 0 Å². The van der Waals surface area contributed by atoms with Crippen molar-refractivity contribution in [3.63, 3.8) is 0 Å². The number of rotatable bonds is 7. The predicted octanol–water partition coefficient (Wildman–Crippen LogP) is 2.13. The number of ether oxygens (including phenoxy) is 1. The number of fused-ring (bicyclic) bond motifs is 1. The fourth-order valence-electron chi connectivity index (χ4n) is 2.47. The maximum atomic E-state index is 12.6. The molecule has 0 aliphatic rings. The molecule has 0 saturated heterocycles. The molecule has 1 amide bonds. The molecule has 0 fully saturated rings. The van der Waals surface area contributed by atoms with Gasteiger partial charge in [0.15, 0.2) is 0 Å². The first kappa shape index (κ1) is 18.1. The van der Waals surface area contributed by atoms with Crippen molar-refractivity contribution in [3.05, 3.63) is 39.9 Å². The summed E-state index contributed by atoms with van der Waals surface area (Å²) < 4.78 is 6.59. The van der Waals surface area contributed by atoms with Crippen LogP contribution in [0.5, 0.6) is 0 Å². The van der Waals surface area contributed by atoms with Crippen molar-refractivity contribution >= 4 is 16.8 Å². The number of aromatic nitrogens is 2. The molecule has 1 N–H and O–H groups in total. The highest BCUT2D eigenvalue weighted by Gasteiger charge is 2.14. The molecule has 2 aromatic rings. The highest BCUT2D eigenvalue weighted by molar-refractivity contribution is 5.98. The molecule has 6 nitrogen and oxygen atoms in total. The van der Waals surface area contributed by atoms with Crippen LogP contribution in [0, 0.1) is 12.8 Å². The number of carbonyl (C=O) groups excluding carboxylic acids is 1. The third kappa shape index (κ3) is 4.20. The summed E-state index contributed by atoms with van der Waals surface area (Å²) in [6, 6.07) is 3.44. The number of hydrogen-bond donors (Lipinski definition) is 1. The number of pyridine rings is 2. The van der Waals surface area contributed by atoms with Crippen molar-refractivity contribution in [2.45, 2.75) is 33.7 Å². The van der Waals surface area contributed by atoms with Crippen LogP contribution < -0.4 is 10.9 Å². The Hall–Kier alpha value is -2.21. The molecule has 0 saturated carbocycles. The van der Waals surface area contributed by atoms with Crippen LogP contribution in [0.3, 0.4) is 0 Å². The van der Waals surface area contributed by atoms with Crippen LogP contribution in [0.4, 0.5) is 0 Å². The van der Waals surface area contributed by atoms with Crippen LogP contribution in [0.1, 0.15) is 36.3 Å². The molecule has 130 valence electrons. The zero-order chi connectivity index (χ0) is 17.7. The Morgan fingerprint density at radius 3 is 2.83 bits per heavy atom. The molecule has 0 spiro atoms. The van der Waals surface area contributed by atoms with E-state index in [1.807, 2.05) is 0 Å². The van der Waals surface area contributed by atoms with Gasteiger partial charge in [0.25, 0.3) is 11.5 Å². The highest BCUT2D eigenvalue weighted by atomic mass is 16.5. The normalized spacial score (nSPS) is 11.2. The average Bonchev–Trinajstić information content (AvgIpc) is 2.53. The van der Waals surface area contributed by atoms with Gasteiger partial charge in [0.1, 0.15) is 0 Å². The lowest BCUT2D eigenvalue weighted by Crippen LogP contribution is -2.27. The van der Waals surface area contributed by atoms with Crippen LogP contribution >= 0.6 is 0 Å². The van der Waals surface area contributed by atoms with Gasteiger partial charge in [-0.25, -0.2) is 0 Å². The van der Waals surface area contributed by atoms with Gasteiger partial charge < -0.3 is 14.6 Å². The molecule has 0 atom stereocenters. The van der Waals surface area contributed by atoms with Crippen LogP contribution in [0.25, 0.3) is 10.9 Å². The van der Waals surface area contributed by atoms with Gasteiger partial charge in [-0.2, -0.15) is 0 Å². The summed E-state index contributed by atoms with van der Waals surface area (Å²) in [4.78, 5) is 29.4. The maximum Gasteiger partial charge on any atom is 0.260 e. The van der Waals surface area contributed by atoms with Gasteiger partial charge in [-0.1, -0.05) is 13.8 Å². The Morgan fingerprint density at radius 1 is 1.42 bits per heavy atom. The molecular formula is C18H25N3O3. The molecular weight excluding hydrogens is 306 g/mol. The fraction of sp³-hybridized carbons (Fsp3) is 0.500. The molecule has 2 aromatic heterocycles. The van der Waals surface area contributed by atoms with E-state index in [-0.39, 0.29) is 11.5 Å². The van der Waals surface area contributed by atoms with E-state index in [9.17, 15) is 9.59 Å². The minimum absolute atomic E-state index is 0.159. The topological polar surface area (TPSA) is 73.2 Å². The predicted molar refractivity (Wildman–Crippen MR) is 94.4 cm³/mol. The number of nitrogens with one attached hydrogen (secondary N) is 1. The van der Waals surface area contributed by atoms with Crippen molar-refractivity contribution in [2.24, 2.45) is 5.92 Å². The standard InChI is InChI=1S/C18H25N3O3/c1-12(2)5-7-19-17(22)14-11-15-16(20-13(14)3)6-8-21(18(15)23)9-10-24-4/h6,8,11-12H,5,7,9-10H2,1-4H3,(H,19,22). The van der Waals surface area contributed by atoms with Crippen molar-refractivity contribution in [1.82, 2.24) is 14.9 Å². The largest absolute Gasteiger partial charge is 0.383 e. The van der Waals surface area contributed by atoms with Gasteiger partial charge in [0.2, 0.25) is 0 Å². The Labute approximate surface area is 141 Å². The quantitative estimate of drug-likeness (QED) is 0.843. The SMILES string of the molecule is COCCn1ccc2nc(C)c(C(=O)NCCC(C)C)cc2c1=O. The zero-order valence-electron chi connectivity index (χ0n) is 14.8. The number of amides is 1. The second-order valence-electron chi connectivity index (χ2n) is 6.30. The molecule has 0 aromatic carbocycles. The lowest BCUT2D eigenvalue weighted by Gasteiger charge is -2.11. The first-order valence-electron chi connectivity index (χ1n) is 8.22. The number of nitrogens with zero attached hydrogens (tertiary/aromatic N) is 2. The molecule has 0 bridgehead atoms. The van der Waals surface area contributed by atoms with Gasteiger partial charge in [-0.15, -0.1) is 0 Å². The smallest absolute Gasteiger partial charge is 0.260 e. The van der Waals surface area contributed by atoms with Crippen molar-refractivity contribution < 1.29 is 9.53 Å². The van der Waals surface area contributed by atoms with E-state index >= 15 is 0 Å². The lowest BCUT2D eigenvalue weighted by molar-refractivity contribution is 0.0951. The van der Waals surface area contributed by atoms with Crippen LogP contribution in [0.2, 0.25) is 0 Å². The first-order valence-corrected chi connectivity index (χ1v) is 8.22. The fourth-order valence-corrected chi connectivity index (χ4v) is 2.47. The minimum Gasteiger partial charge on any atom is -0.383 e. The second kappa shape index (κ2) is 8.06. The van der Waals surface area contributed by atoms with E-state index < -0.39 is 0 Å². The molecule has 2 heterocycles. The first-order chi connectivity index (χ1) is 11.4. The van der Waals surface area contributed by atoms with E-state index in [1.54, 1.807) is 36.9 Å². The van der Waals surface area contributed by atoms with Gasteiger partial charge in [-0.05, 0) is 31.4 Å². The summed E-state index contributed by atoms with van der Waals surface area (Å²) >= 11 is 0. The van der Waals surface area contributed by atoms with Crippen molar-refractivity contribution in [2.75, 3.05) is 20.3 Å². The number of aryl methyl sites for hydroxylation is 1. The maximum absolute atomic E-state index is 12.6. The summed E-state index contributed by atoms with van der Waals surface area (Å²) in [6.45, 7) is 7.53. The molecule has 0 aliphatic carbocycles. The van der Waals surface area contributed by atoms with Crippen molar-refractivity contribution in [1.29, 1.82) is 0 Å². The van der Waals surface area contributed by atoms with Gasteiger partial charge in [0, 0.05) is 26.4 Å². The van der Waals surface area contributed by atoms with Crippen LogP contribution in [-0.4, -0.2) is 35.7 Å². The molecule has 0 radical (unpaired) electrons. The lowest BCUT2D eigenvalue weighted by atomic mass is 10.1. The second-order valence-corrected chi connectivity index (χ2v) is 6.30. The molecule has 6 heteroatoms. The summed E-state index contributed by atoms with van der Waals surface area (Å²) in [7, 11) is 1.59. The van der Waals surface area contributed by atoms with E-state index in [4.69, 9.17) is 4.74 Å². The summed E-state index contributed by atoms with van der Waals surface area (Å²) in [5, 5.41) is 3.35. The monoisotopic (exact) mass is 331 g/mol. The van der Waals surface area contributed by atoms with E-state index in [1.165, 1.54) is 0 Å². The summed E-state index contributed by atoms with van der Waals surface area (Å²) in [5.74, 6) is 0.336. The molecule has 0 aliphatic heterocycles. The summed E-state index contributed by atoms with van der Waals surface area (Å²) in [5.41, 5.74) is 1.52. The number of carbonyl (C=O) groups is 1. The Bertz CT molecular complexity index is 781. The van der Waals surface area contributed by atoms with Gasteiger partial charge >= 0.3 is 0 Å². The van der Waals surface area contributed by atoms with Gasteiger partial charge in [0.05, 0.1) is 28.8 Å². The van der Waals surface area contributed by atoms with Crippen LogP contribution in [0.15, 0.2) is 23.1 Å². The molecule has 2 rings (SSSR count). The number of hydrogen-bond acceptors (Lipinski definition) is 4. The van der Waals surface area contributed by atoms with E-state index in [0.29, 0.717) is 47.8 Å². The van der Waals surface area contributed by atoms with Gasteiger partial charge in [-0.3, -0.25) is 14.6 Å². The Morgan fingerprint density at radius 2 is 2.17 bits per heavy atom. The molecule has 0 unspecified atom stereocenters. The highest BCUT2D eigenvalue weighted by Crippen LogP contribution is 2.13. The van der Waals surface area contributed by atoms with E-state index in [0.717, 1.165) is 6.42 Å². The minimum atomic E-state index is -0.186. The van der Waals surface area contributed by atoms with Crippen LogP contribution in [-0.2, 0) is 11.3 Å². The average molecular weight is 331 g/mol.